The second-order valence-electron chi connectivity index (χ2n) is 3.41. The maximum atomic E-state index is 13.0. The Balaban J connectivity index is 2.73. The van der Waals surface area contributed by atoms with Crippen molar-refractivity contribution in [3.8, 4) is 0 Å². The number of nitrogens with zero attached hydrogens (tertiary/aromatic N) is 1. The summed E-state index contributed by atoms with van der Waals surface area (Å²) in [5.74, 6) is -4.65. The standard InChI is InChI=1S/C9H11F2NO4/c1-2-3-16-8(15)12-5-9(10,11)4-6(12)7(13)14/h2,6H,1,3-5H2,(H,13,14)/t6-/m0/s1. The first-order chi connectivity index (χ1) is 7.37. The molecule has 0 radical (unpaired) electrons. The highest BCUT2D eigenvalue weighted by Gasteiger charge is 2.50. The van der Waals surface area contributed by atoms with Gasteiger partial charge in [-0.2, -0.15) is 0 Å². The molecule has 1 aliphatic heterocycles. The molecule has 0 aromatic heterocycles. The molecule has 5 nitrogen and oxygen atoms in total. The van der Waals surface area contributed by atoms with Crippen molar-refractivity contribution >= 4 is 12.1 Å². The normalized spacial score (nSPS) is 22.9. The number of amides is 1. The van der Waals surface area contributed by atoms with Gasteiger partial charge in [0, 0.05) is 6.42 Å². The third-order valence-corrected chi connectivity index (χ3v) is 2.11. The third kappa shape index (κ3) is 2.68. The van der Waals surface area contributed by atoms with Crippen LogP contribution >= 0.6 is 0 Å². The summed E-state index contributed by atoms with van der Waals surface area (Å²) in [5.41, 5.74) is 0. The van der Waals surface area contributed by atoms with Gasteiger partial charge < -0.3 is 9.84 Å². The van der Waals surface area contributed by atoms with Crippen LogP contribution in [0, 0.1) is 0 Å². The Morgan fingerprint density at radius 2 is 2.25 bits per heavy atom. The second kappa shape index (κ2) is 4.46. The minimum Gasteiger partial charge on any atom is -0.480 e. The smallest absolute Gasteiger partial charge is 0.411 e. The van der Waals surface area contributed by atoms with Crippen molar-refractivity contribution in [3.05, 3.63) is 12.7 Å². The van der Waals surface area contributed by atoms with Gasteiger partial charge in [0.2, 0.25) is 0 Å². The number of hydrogen-bond donors (Lipinski definition) is 1. The maximum Gasteiger partial charge on any atom is 0.411 e. The molecule has 1 atom stereocenters. The predicted octanol–water partition coefficient (Wildman–Crippen LogP) is 1.10. The molecule has 0 spiro atoms. The summed E-state index contributed by atoms with van der Waals surface area (Å²) in [6, 6.07) is -1.53. The van der Waals surface area contributed by atoms with Gasteiger partial charge in [-0.05, 0) is 0 Å². The van der Waals surface area contributed by atoms with Gasteiger partial charge in [0.15, 0.2) is 0 Å². The number of hydrogen-bond acceptors (Lipinski definition) is 3. The summed E-state index contributed by atoms with van der Waals surface area (Å²) in [5, 5.41) is 8.69. The van der Waals surface area contributed by atoms with Crippen molar-refractivity contribution in [2.75, 3.05) is 13.2 Å². The molecule has 0 aromatic rings. The fourth-order valence-corrected chi connectivity index (χ4v) is 1.44. The summed E-state index contributed by atoms with van der Waals surface area (Å²) in [4.78, 5) is 22.5. The van der Waals surface area contributed by atoms with E-state index in [1.165, 1.54) is 6.08 Å². The molecule has 1 amide bonds. The minimum absolute atomic E-state index is 0.146. The number of carboxylic acid groups (broad SMARTS) is 1. The van der Waals surface area contributed by atoms with E-state index in [0.29, 0.717) is 4.90 Å². The SMILES string of the molecule is C=CCOC(=O)N1CC(F)(F)C[C@H]1C(=O)O. The van der Waals surface area contributed by atoms with E-state index in [1.807, 2.05) is 0 Å². The number of halogens is 2. The van der Waals surface area contributed by atoms with Crippen molar-refractivity contribution < 1.29 is 28.2 Å². The Morgan fingerprint density at radius 1 is 1.62 bits per heavy atom. The Labute approximate surface area is 90.3 Å². The molecule has 7 heteroatoms. The topological polar surface area (TPSA) is 66.8 Å². The minimum atomic E-state index is -3.18. The number of rotatable bonds is 3. The van der Waals surface area contributed by atoms with Crippen LogP contribution in [0.4, 0.5) is 13.6 Å². The van der Waals surface area contributed by atoms with Crippen LogP contribution in [0.1, 0.15) is 6.42 Å². The van der Waals surface area contributed by atoms with Crippen LogP contribution in [0.25, 0.3) is 0 Å². The van der Waals surface area contributed by atoms with Crippen LogP contribution in [0.5, 0.6) is 0 Å². The Hall–Kier alpha value is -1.66. The van der Waals surface area contributed by atoms with E-state index in [-0.39, 0.29) is 6.61 Å². The summed E-state index contributed by atoms with van der Waals surface area (Å²) >= 11 is 0. The zero-order chi connectivity index (χ0) is 12.3. The van der Waals surface area contributed by atoms with Gasteiger partial charge in [-0.15, -0.1) is 0 Å². The molecular weight excluding hydrogens is 224 g/mol. The number of ether oxygens (including phenoxy) is 1. The predicted molar refractivity (Wildman–Crippen MR) is 49.2 cm³/mol. The van der Waals surface area contributed by atoms with E-state index in [2.05, 4.69) is 11.3 Å². The largest absolute Gasteiger partial charge is 0.480 e. The molecule has 0 bridgehead atoms. The lowest BCUT2D eigenvalue weighted by molar-refractivity contribution is -0.142. The fraction of sp³-hybridized carbons (Fsp3) is 0.556. The Bertz CT molecular complexity index is 319. The van der Waals surface area contributed by atoms with Crippen LogP contribution in [0.15, 0.2) is 12.7 Å². The average Bonchev–Trinajstić information content (AvgIpc) is 2.51. The highest BCUT2D eigenvalue weighted by molar-refractivity contribution is 5.81. The molecule has 1 rings (SSSR count). The summed E-state index contributed by atoms with van der Waals surface area (Å²) in [6.07, 6.45) is -0.683. The van der Waals surface area contributed by atoms with Gasteiger partial charge in [-0.1, -0.05) is 12.7 Å². The van der Waals surface area contributed by atoms with Crippen molar-refractivity contribution in [3.63, 3.8) is 0 Å². The van der Waals surface area contributed by atoms with Crippen LogP contribution in [0.3, 0.4) is 0 Å². The fourth-order valence-electron chi connectivity index (χ4n) is 1.44. The van der Waals surface area contributed by atoms with Crippen LogP contribution < -0.4 is 0 Å². The quantitative estimate of drug-likeness (QED) is 0.744. The Morgan fingerprint density at radius 3 is 2.75 bits per heavy atom. The molecule has 0 aromatic carbocycles. The van der Waals surface area contributed by atoms with E-state index in [1.54, 1.807) is 0 Å². The molecule has 16 heavy (non-hydrogen) atoms. The molecule has 1 fully saturated rings. The first-order valence-corrected chi connectivity index (χ1v) is 4.52. The molecule has 0 aliphatic carbocycles. The summed E-state index contributed by atoms with van der Waals surface area (Å²) in [7, 11) is 0. The molecule has 90 valence electrons. The van der Waals surface area contributed by atoms with Gasteiger partial charge in [0.25, 0.3) is 5.92 Å². The van der Waals surface area contributed by atoms with Crippen molar-refractivity contribution in [2.24, 2.45) is 0 Å². The van der Waals surface area contributed by atoms with Crippen LogP contribution in [0.2, 0.25) is 0 Å². The van der Waals surface area contributed by atoms with E-state index in [9.17, 15) is 18.4 Å². The van der Waals surface area contributed by atoms with E-state index >= 15 is 0 Å². The van der Waals surface area contributed by atoms with E-state index < -0.39 is 37.0 Å². The molecule has 1 heterocycles. The molecule has 1 N–H and O–H groups in total. The number of carbonyl (C=O) groups is 2. The summed E-state index contributed by atoms with van der Waals surface area (Å²) < 4.78 is 30.4. The van der Waals surface area contributed by atoms with Crippen LogP contribution in [-0.2, 0) is 9.53 Å². The van der Waals surface area contributed by atoms with Gasteiger partial charge in [0.1, 0.15) is 12.6 Å². The molecule has 1 aliphatic rings. The maximum absolute atomic E-state index is 13.0. The molecule has 0 unspecified atom stereocenters. The van der Waals surface area contributed by atoms with Crippen molar-refractivity contribution in [1.82, 2.24) is 4.90 Å². The highest BCUT2D eigenvalue weighted by atomic mass is 19.3. The van der Waals surface area contributed by atoms with Gasteiger partial charge in [-0.25, -0.2) is 18.4 Å². The van der Waals surface area contributed by atoms with Gasteiger partial charge in [0.05, 0.1) is 6.54 Å². The van der Waals surface area contributed by atoms with E-state index in [0.717, 1.165) is 0 Å². The van der Waals surface area contributed by atoms with Gasteiger partial charge >= 0.3 is 12.1 Å². The van der Waals surface area contributed by atoms with Crippen molar-refractivity contribution in [1.29, 1.82) is 0 Å². The Kier molecular flexibility index (Phi) is 3.46. The lowest BCUT2D eigenvalue weighted by atomic mass is 10.2. The molecule has 1 saturated heterocycles. The number of carboxylic acids is 1. The lowest BCUT2D eigenvalue weighted by Gasteiger charge is -2.19. The monoisotopic (exact) mass is 235 g/mol. The first kappa shape index (κ1) is 12.4. The lowest BCUT2D eigenvalue weighted by Crippen LogP contribution is -2.41. The summed E-state index contributed by atoms with van der Waals surface area (Å²) in [6.45, 7) is 2.21. The van der Waals surface area contributed by atoms with Crippen LogP contribution in [-0.4, -0.2) is 47.2 Å². The van der Waals surface area contributed by atoms with Gasteiger partial charge in [-0.3, -0.25) is 4.90 Å². The second-order valence-corrected chi connectivity index (χ2v) is 3.41. The first-order valence-electron chi connectivity index (χ1n) is 4.52. The van der Waals surface area contributed by atoms with Crippen molar-refractivity contribution in [2.45, 2.75) is 18.4 Å². The molecule has 0 saturated carbocycles. The average molecular weight is 235 g/mol. The van der Waals surface area contributed by atoms with E-state index in [4.69, 9.17) is 5.11 Å². The molecular formula is C9H11F2NO4. The number of aliphatic carboxylic acids is 1. The zero-order valence-corrected chi connectivity index (χ0v) is 8.36. The number of carbonyl (C=O) groups excluding carboxylic acids is 1. The number of alkyl halides is 2. The number of likely N-dealkylation sites (tertiary alicyclic amines) is 1. The highest BCUT2D eigenvalue weighted by Crippen LogP contribution is 2.32. The third-order valence-electron chi connectivity index (χ3n) is 2.11. The zero-order valence-electron chi connectivity index (χ0n) is 8.36.